The molecule has 0 spiro atoms. The zero-order valence-corrected chi connectivity index (χ0v) is 21.3. The van der Waals surface area contributed by atoms with Gasteiger partial charge in [-0.3, -0.25) is 19.0 Å². The molecule has 39 heavy (non-hydrogen) atoms. The highest BCUT2D eigenvalue weighted by Crippen LogP contribution is 2.33. The van der Waals surface area contributed by atoms with E-state index in [1.54, 1.807) is 72.3 Å². The molecule has 0 unspecified atom stereocenters. The van der Waals surface area contributed by atoms with Crippen molar-refractivity contribution >= 4 is 51.7 Å². The van der Waals surface area contributed by atoms with Crippen molar-refractivity contribution in [1.82, 2.24) is 39.5 Å². The number of aryl methyl sites for hydroxylation is 2. The van der Waals surface area contributed by atoms with E-state index in [2.05, 4.69) is 36.1 Å². The lowest BCUT2D eigenvalue weighted by Crippen LogP contribution is -2.12. The quantitative estimate of drug-likeness (QED) is 0.319. The van der Waals surface area contributed by atoms with Gasteiger partial charge in [0.05, 0.1) is 45.9 Å². The number of carbonyl (C=O) groups excluding carboxylic acids is 2. The molecule has 2 aromatic carbocycles. The van der Waals surface area contributed by atoms with E-state index in [4.69, 9.17) is 16.1 Å². The number of anilines is 3. The molecule has 0 fully saturated rings. The Bertz CT molecular complexity index is 1860. The second-order valence-electron chi connectivity index (χ2n) is 8.61. The average molecular weight is 543 g/mol. The fourth-order valence-corrected chi connectivity index (χ4v) is 4.22. The van der Waals surface area contributed by atoms with Crippen molar-refractivity contribution in [3.05, 3.63) is 83.5 Å². The van der Waals surface area contributed by atoms with Crippen molar-refractivity contribution in [2.45, 2.75) is 0 Å². The Morgan fingerprint density at radius 3 is 2.46 bits per heavy atom. The molecule has 0 saturated heterocycles. The molecule has 13 nitrogen and oxygen atoms in total. The fraction of sp³-hybridized carbons (Fsp3) is 0.0800. The van der Waals surface area contributed by atoms with Gasteiger partial charge in [0.25, 0.3) is 11.8 Å². The number of aromatic nitrogens is 8. The SMILES string of the molecule is Cn1cc(C(=O)Nc2cccc(-c3noc(Nc4ccc5c(cnn5C(=O)c5cnn(C)c5)c4Cl)n3)c2)cn1. The van der Waals surface area contributed by atoms with Gasteiger partial charge < -0.3 is 15.2 Å². The highest BCUT2D eigenvalue weighted by atomic mass is 35.5. The van der Waals surface area contributed by atoms with Gasteiger partial charge in [-0.05, 0) is 24.3 Å². The lowest BCUT2D eigenvalue weighted by molar-refractivity contribution is 0.0949. The Hall–Kier alpha value is -5.30. The van der Waals surface area contributed by atoms with Crippen molar-refractivity contribution in [1.29, 1.82) is 0 Å². The number of amides is 1. The number of nitrogens with one attached hydrogen (secondary N) is 2. The minimum Gasteiger partial charge on any atom is -0.322 e. The van der Waals surface area contributed by atoms with E-state index in [9.17, 15) is 9.59 Å². The molecule has 14 heteroatoms. The minimum atomic E-state index is -0.324. The van der Waals surface area contributed by atoms with Crippen LogP contribution in [0.15, 0.2) is 71.9 Å². The summed E-state index contributed by atoms with van der Waals surface area (Å²) < 4.78 is 9.74. The summed E-state index contributed by atoms with van der Waals surface area (Å²) in [4.78, 5) is 29.7. The first-order valence-electron chi connectivity index (χ1n) is 11.6. The van der Waals surface area contributed by atoms with Gasteiger partial charge in [0.1, 0.15) is 0 Å². The van der Waals surface area contributed by atoms with E-state index < -0.39 is 0 Å². The first kappa shape index (κ1) is 24.1. The summed E-state index contributed by atoms with van der Waals surface area (Å²) in [6, 6.07) is 10.6. The predicted octanol–water partition coefficient (Wildman–Crippen LogP) is 3.89. The highest BCUT2D eigenvalue weighted by Gasteiger charge is 2.19. The van der Waals surface area contributed by atoms with Crippen molar-refractivity contribution < 1.29 is 14.1 Å². The molecule has 0 aliphatic carbocycles. The molecule has 0 aliphatic rings. The normalized spacial score (nSPS) is 11.2. The number of halogens is 1. The lowest BCUT2D eigenvalue weighted by Gasteiger charge is -2.06. The Morgan fingerprint density at radius 2 is 1.72 bits per heavy atom. The van der Waals surface area contributed by atoms with Crippen LogP contribution in [0.2, 0.25) is 5.02 Å². The summed E-state index contributed by atoms with van der Waals surface area (Å²) in [5.41, 5.74) is 3.07. The van der Waals surface area contributed by atoms with Gasteiger partial charge in [0.2, 0.25) is 5.82 Å². The lowest BCUT2D eigenvalue weighted by atomic mass is 10.2. The van der Waals surface area contributed by atoms with Crippen LogP contribution in [0.1, 0.15) is 20.7 Å². The third-order valence-electron chi connectivity index (χ3n) is 5.84. The van der Waals surface area contributed by atoms with Crippen LogP contribution in [0, 0.1) is 0 Å². The zero-order valence-electron chi connectivity index (χ0n) is 20.5. The number of hydrogen-bond acceptors (Lipinski definition) is 9. The first-order chi connectivity index (χ1) is 18.9. The predicted molar refractivity (Wildman–Crippen MR) is 142 cm³/mol. The van der Waals surface area contributed by atoms with E-state index in [-0.39, 0.29) is 17.8 Å². The molecule has 0 atom stereocenters. The molecule has 6 aromatic rings. The molecule has 4 heterocycles. The third kappa shape index (κ3) is 4.62. The van der Waals surface area contributed by atoms with Gasteiger partial charge in [0.15, 0.2) is 0 Å². The van der Waals surface area contributed by atoms with Crippen LogP contribution in [0.3, 0.4) is 0 Å². The van der Waals surface area contributed by atoms with E-state index >= 15 is 0 Å². The Balaban J connectivity index is 1.20. The zero-order chi connectivity index (χ0) is 27.1. The number of benzene rings is 2. The summed E-state index contributed by atoms with van der Waals surface area (Å²) in [7, 11) is 3.47. The molecule has 194 valence electrons. The topological polar surface area (TPSA) is 151 Å². The van der Waals surface area contributed by atoms with Crippen LogP contribution in [0.5, 0.6) is 0 Å². The van der Waals surface area contributed by atoms with Crippen molar-refractivity contribution in [3.8, 4) is 11.4 Å². The van der Waals surface area contributed by atoms with Crippen LogP contribution in [-0.4, -0.2) is 51.3 Å². The molecule has 4 aromatic heterocycles. The van der Waals surface area contributed by atoms with E-state index in [0.717, 1.165) is 0 Å². The fourth-order valence-electron chi connectivity index (χ4n) is 3.96. The molecule has 2 N–H and O–H groups in total. The Kier molecular flexibility index (Phi) is 5.88. The standard InChI is InChI=1S/C25H19ClN10O3/c1-34-12-15(9-27-34)23(37)30-17-5-3-4-14(8-17)22-32-25(39-33-22)31-19-6-7-20-18(21(19)26)11-29-36(20)24(38)16-10-28-35(2)13-16/h3-13H,1-2H3,(H,30,37)(H,31,32,33). The van der Waals surface area contributed by atoms with Crippen molar-refractivity contribution in [2.24, 2.45) is 14.1 Å². The minimum absolute atomic E-state index is 0.106. The molecule has 1 amide bonds. The van der Waals surface area contributed by atoms with Gasteiger partial charge in [-0.1, -0.05) is 28.9 Å². The first-order valence-corrected chi connectivity index (χ1v) is 11.9. The number of carbonyl (C=O) groups is 2. The van der Waals surface area contributed by atoms with Crippen LogP contribution in [-0.2, 0) is 14.1 Å². The maximum Gasteiger partial charge on any atom is 0.326 e. The molecule has 0 radical (unpaired) electrons. The van der Waals surface area contributed by atoms with Crippen LogP contribution < -0.4 is 10.6 Å². The Labute approximate surface area is 225 Å². The van der Waals surface area contributed by atoms with Crippen molar-refractivity contribution in [2.75, 3.05) is 10.6 Å². The molecular weight excluding hydrogens is 524 g/mol. The number of fused-ring (bicyclic) bond motifs is 1. The van der Waals surface area contributed by atoms with Gasteiger partial charge in [-0.25, -0.2) is 0 Å². The van der Waals surface area contributed by atoms with E-state index in [0.29, 0.717) is 49.8 Å². The second kappa shape index (κ2) is 9.54. The van der Waals surface area contributed by atoms with Crippen LogP contribution >= 0.6 is 11.6 Å². The maximum atomic E-state index is 12.8. The Morgan fingerprint density at radius 1 is 0.949 bits per heavy atom. The summed E-state index contributed by atoms with van der Waals surface area (Å²) in [5, 5.41) is 23.0. The van der Waals surface area contributed by atoms with Crippen molar-refractivity contribution in [3.63, 3.8) is 0 Å². The number of rotatable bonds is 6. The largest absolute Gasteiger partial charge is 0.326 e. The average Bonchev–Trinajstić information content (AvgIpc) is 3.73. The van der Waals surface area contributed by atoms with E-state index in [1.165, 1.54) is 23.3 Å². The highest BCUT2D eigenvalue weighted by molar-refractivity contribution is 6.38. The summed E-state index contributed by atoms with van der Waals surface area (Å²) in [5.74, 6) is -0.302. The molecule has 0 aliphatic heterocycles. The van der Waals surface area contributed by atoms with E-state index in [1.807, 2.05) is 0 Å². The van der Waals surface area contributed by atoms with Crippen LogP contribution in [0.25, 0.3) is 22.3 Å². The molecule has 6 rings (SSSR count). The van der Waals surface area contributed by atoms with Gasteiger partial charge >= 0.3 is 6.01 Å². The van der Waals surface area contributed by atoms with Gasteiger partial charge in [-0.2, -0.15) is 25.0 Å². The maximum absolute atomic E-state index is 12.8. The number of nitrogens with zero attached hydrogens (tertiary/aromatic N) is 8. The molecular formula is C25H19ClN10O3. The third-order valence-corrected chi connectivity index (χ3v) is 6.25. The van der Waals surface area contributed by atoms with Gasteiger partial charge in [0, 0.05) is 43.1 Å². The summed E-state index contributed by atoms with van der Waals surface area (Å²) in [6.45, 7) is 0. The molecule has 0 bridgehead atoms. The van der Waals surface area contributed by atoms with Crippen LogP contribution in [0.4, 0.5) is 17.4 Å². The smallest absolute Gasteiger partial charge is 0.322 e. The monoisotopic (exact) mass is 542 g/mol. The summed E-state index contributed by atoms with van der Waals surface area (Å²) in [6.07, 6.45) is 7.72. The summed E-state index contributed by atoms with van der Waals surface area (Å²) >= 11 is 6.63. The molecule has 0 saturated carbocycles. The van der Waals surface area contributed by atoms with Gasteiger partial charge in [-0.15, -0.1) is 0 Å². The number of hydrogen-bond donors (Lipinski definition) is 2. The second-order valence-corrected chi connectivity index (χ2v) is 8.99.